The van der Waals surface area contributed by atoms with Crippen LogP contribution in [-0.4, -0.2) is 27.9 Å². The van der Waals surface area contributed by atoms with Crippen LogP contribution in [0.15, 0.2) is 59.0 Å². The summed E-state index contributed by atoms with van der Waals surface area (Å²) in [6.45, 7) is 8.03. The van der Waals surface area contributed by atoms with Gasteiger partial charge in [0.05, 0.1) is 22.2 Å². The number of thiazole rings is 1. The number of aliphatic hydroxyl groups excluding tert-OH is 1. The normalized spacial score (nSPS) is 20.7. The van der Waals surface area contributed by atoms with Crippen LogP contribution in [0.2, 0.25) is 0 Å². The lowest BCUT2D eigenvalue weighted by Crippen LogP contribution is -2.30. The highest BCUT2D eigenvalue weighted by Gasteiger charge is 2.53. The molecule has 3 atom stereocenters. The molecule has 1 saturated heterocycles. The van der Waals surface area contributed by atoms with E-state index in [4.69, 9.17) is 4.42 Å². The number of carbonyl (C=O) groups is 2. The summed E-state index contributed by atoms with van der Waals surface area (Å²) >= 11 is 1.14. The van der Waals surface area contributed by atoms with Crippen molar-refractivity contribution in [3.8, 4) is 0 Å². The summed E-state index contributed by atoms with van der Waals surface area (Å²) in [7, 11) is 0. The SMILES string of the molecule is Cc1ccc(C(=O)C2C(O)C(=O)N(c3nc4ccc(F)cc4s3)C2c2ccc(C(C)(C)C)cc2)o1. The van der Waals surface area contributed by atoms with E-state index < -0.39 is 35.6 Å². The second kappa shape index (κ2) is 8.39. The topological polar surface area (TPSA) is 83.6 Å². The summed E-state index contributed by atoms with van der Waals surface area (Å²) in [6.07, 6.45) is -1.58. The van der Waals surface area contributed by atoms with Crippen LogP contribution in [0.5, 0.6) is 0 Å². The van der Waals surface area contributed by atoms with E-state index in [2.05, 4.69) is 25.8 Å². The van der Waals surface area contributed by atoms with Gasteiger partial charge in [-0.15, -0.1) is 0 Å². The minimum absolute atomic E-state index is 0.0821. The second-order valence-corrected chi connectivity index (χ2v) is 10.9. The average Bonchev–Trinajstić information content (AvgIpc) is 3.49. The monoisotopic (exact) mass is 492 g/mol. The Morgan fingerprint density at radius 3 is 2.46 bits per heavy atom. The molecule has 35 heavy (non-hydrogen) atoms. The maximum atomic E-state index is 13.8. The summed E-state index contributed by atoms with van der Waals surface area (Å²) < 4.78 is 19.9. The van der Waals surface area contributed by atoms with Gasteiger partial charge in [0.25, 0.3) is 5.91 Å². The molecule has 0 aliphatic carbocycles. The molecule has 4 aromatic rings. The molecule has 2 aromatic heterocycles. The number of carbonyl (C=O) groups excluding carboxylic acids is 2. The van der Waals surface area contributed by atoms with Crippen molar-refractivity contribution in [3.05, 3.63) is 83.1 Å². The summed E-state index contributed by atoms with van der Waals surface area (Å²) in [6, 6.07) is 14.3. The summed E-state index contributed by atoms with van der Waals surface area (Å²) in [5, 5.41) is 11.3. The quantitative estimate of drug-likeness (QED) is 0.376. The Balaban J connectivity index is 1.65. The van der Waals surface area contributed by atoms with E-state index in [1.54, 1.807) is 25.1 Å². The Morgan fingerprint density at radius 1 is 1.11 bits per heavy atom. The smallest absolute Gasteiger partial charge is 0.259 e. The highest BCUT2D eigenvalue weighted by atomic mass is 32.1. The third-order valence-corrected chi connectivity index (χ3v) is 7.42. The van der Waals surface area contributed by atoms with Crippen LogP contribution in [0.25, 0.3) is 10.2 Å². The Labute approximate surface area is 206 Å². The average molecular weight is 493 g/mol. The zero-order chi connectivity index (χ0) is 25.1. The molecule has 1 amide bonds. The van der Waals surface area contributed by atoms with Crippen molar-refractivity contribution in [1.29, 1.82) is 0 Å². The Hall–Kier alpha value is -3.36. The molecule has 180 valence electrons. The van der Waals surface area contributed by atoms with Crippen LogP contribution < -0.4 is 4.90 Å². The van der Waals surface area contributed by atoms with Gasteiger partial charge in [-0.2, -0.15) is 0 Å². The van der Waals surface area contributed by atoms with E-state index in [-0.39, 0.29) is 11.2 Å². The molecule has 0 bridgehead atoms. The third-order valence-electron chi connectivity index (χ3n) is 6.40. The first-order valence-electron chi connectivity index (χ1n) is 11.3. The zero-order valence-electron chi connectivity index (χ0n) is 19.8. The highest BCUT2D eigenvalue weighted by molar-refractivity contribution is 7.22. The van der Waals surface area contributed by atoms with Crippen molar-refractivity contribution < 1.29 is 23.5 Å². The first-order valence-corrected chi connectivity index (χ1v) is 12.1. The first kappa shape index (κ1) is 23.4. The molecule has 1 N–H and O–H groups in total. The molecule has 2 aromatic carbocycles. The molecular formula is C27H25FN2O4S. The van der Waals surface area contributed by atoms with Gasteiger partial charge in [0.2, 0.25) is 5.78 Å². The van der Waals surface area contributed by atoms with Gasteiger partial charge in [-0.25, -0.2) is 9.37 Å². The van der Waals surface area contributed by atoms with Crippen molar-refractivity contribution in [2.24, 2.45) is 5.92 Å². The largest absolute Gasteiger partial charge is 0.458 e. The lowest BCUT2D eigenvalue weighted by molar-refractivity contribution is -0.124. The molecule has 3 heterocycles. The number of hydrogen-bond donors (Lipinski definition) is 1. The predicted octanol–water partition coefficient (Wildman–Crippen LogP) is 5.58. The van der Waals surface area contributed by atoms with E-state index in [0.717, 1.165) is 16.9 Å². The van der Waals surface area contributed by atoms with Crippen molar-refractivity contribution in [2.75, 3.05) is 4.90 Å². The number of halogens is 1. The number of nitrogens with zero attached hydrogens (tertiary/aromatic N) is 2. The summed E-state index contributed by atoms with van der Waals surface area (Å²) in [4.78, 5) is 32.8. The standard InChI is InChI=1S/C27H25FN2O4S/c1-14-5-12-19(34-14)23(31)21-22(15-6-8-16(9-7-15)27(2,3)4)30(25(33)24(21)32)26-29-18-11-10-17(28)13-20(18)35-26/h5-13,21-22,24,32H,1-4H3. The van der Waals surface area contributed by atoms with Crippen molar-refractivity contribution >= 4 is 38.4 Å². The van der Waals surface area contributed by atoms with Crippen molar-refractivity contribution in [3.63, 3.8) is 0 Å². The van der Waals surface area contributed by atoms with E-state index in [1.807, 2.05) is 24.3 Å². The molecule has 6 nitrogen and oxygen atoms in total. The molecule has 0 saturated carbocycles. The molecule has 1 aliphatic rings. The number of benzene rings is 2. The van der Waals surface area contributed by atoms with Gasteiger partial charge in [-0.3, -0.25) is 14.5 Å². The molecule has 0 spiro atoms. The zero-order valence-corrected chi connectivity index (χ0v) is 20.6. The summed E-state index contributed by atoms with van der Waals surface area (Å²) in [5.41, 5.74) is 2.24. The number of amides is 1. The van der Waals surface area contributed by atoms with Gasteiger partial charge in [0.15, 0.2) is 10.9 Å². The van der Waals surface area contributed by atoms with Gasteiger partial charge < -0.3 is 9.52 Å². The van der Waals surface area contributed by atoms with E-state index in [1.165, 1.54) is 17.0 Å². The molecule has 0 radical (unpaired) electrons. The van der Waals surface area contributed by atoms with Crippen LogP contribution >= 0.6 is 11.3 Å². The predicted molar refractivity (Wildman–Crippen MR) is 132 cm³/mol. The number of rotatable bonds is 4. The molecular weight excluding hydrogens is 467 g/mol. The van der Waals surface area contributed by atoms with Gasteiger partial charge in [0, 0.05) is 0 Å². The number of aromatic nitrogens is 1. The van der Waals surface area contributed by atoms with Crippen LogP contribution in [0.1, 0.15) is 54.3 Å². The van der Waals surface area contributed by atoms with Gasteiger partial charge in [-0.05, 0) is 53.8 Å². The van der Waals surface area contributed by atoms with Crippen LogP contribution in [0.4, 0.5) is 9.52 Å². The minimum Gasteiger partial charge on any atom is -0.458 e. The first-order chi connectivity index (χ1) is 16.5. The van der Waals surface area contributed by atoms with Crippen LogP contribution in [0.3, 0.4) is 0 Å². The molecule has 5 rings (SSSR count). The number of aryl methyl sites for hydroxylation is 1. The van der Waals surface area contributed by atoms with E-state index in [0.29, 0.717) is 26.7 Å². The minimum atomic E-state index is -1.58. The van der Waals surface area contributed by atoms with E-state index in [9.17, 15) is 19.1 Å². The fourth-order valence-electron chi connectivity index (χ4n) is 4.52. The van der Waals surface area contributed by atoms with Gasteiger partial charge >= 0.3 is 0 Å². The van der Waals surface area contributed by atoms with Crippen LogP contribution in [-0.2, 0) is 10.2 Å². The number of fused-ring (bicyclic) bond motifs is 1. The van der Waals surface area contributed by atoms with Crippen LogP contribution in [0, 0.1) is 18.7 Å². The number of furan rings is 1. The lowest BCUT2D eigenvalue weighted by Gasteiger charge is -2.27. The second-order valence-electron chi connectivity index (χ2n) is 9.88. The molecule has 3 unspecified atom stereocenters. The van der Waals surface area contributed by atoms with E-state index >= 15 is 0 Å². The Kier molecular flexibility index (Phi) is 5.61. The maximum Gasteiger partial charge on any atom is 0.259 e. The molecule has 8 heteroatoms. The molecule has 1 fully saturated rings. The van der Waals surface area contributed by atoms with Gasteiger partial charge in [0.1, 0.15) is 17.7 Å². The maximum absolute atomic E-state index is 13.8. The summed E-state index contributed by atoms with van der Waals surface area (Å²) in [5.74, 6) is -1.95. The fraction of sp³-hybridized carbons (Fsp3) is 0.296. The van der Waals surface area contributed by atoms with Crippen molar-refractivity contribution in [2.45, 2.75) is 45.3 Å². The van der Waals surface area contributed by atoms with Crippen molar-refractivity contribution in [1.82, 2.24) is 4.98 Å². The molecule has 1 aliphatic heterocycles. The lowest BCUT2D eigenvalue weighted by atomic mass is 9.83. The number of ketones is 1. The fourth-order valence-corrected chi connectivity index (χ4v) is 5.56. The number of Topliss-reactive ketones (excluding diaryl/α,β-unsaturated/α-hetero) is 1. The number of aliphatic hydroxyl groups is 1. The number of anilines is 1. The number of hydrogen-bond acceptors (Lipinski definition) is 6. The Morgan fingerprint density at radius 2 is 1.83 bits per heavy atom. The highest BCUT2D eigenvalue weighted by Crippen LogP contribution is 2.45. The Bertz CT molecular complexity index is 1430. The third kappa shape index (κ3) is 4.06. The van der Waals surface area contributed by atoms with Gasteiger partial charge in [-0.1, -0.05) is 56.4 Å².